The summed E-state index contributed by atoms with van der Waals surface area (Å²) in [5.41, 5.74) is 24.7. The Morgan fingerprint density at radius 1 is 0.449 bits per heavy atom. The summed E-state index contributed by atoms with van der Waals surface area (Å²) < 4.78 is 2.90. The maximum atomic E-state index is 2.78. The summed E-state index contributed by atoms with van der Waals surface area (Å²) in [6.45, 7) is 46.7. The van der Waals surface area contributed by atoms with E-state index in [-0.39, 0.29) is 50.0 Å². The van der Waals surface area contributed by atoms with Gasteiger partial charge in [0.2, 0.25) is 0 Å². The summed E-state index contributed by atoms with van der Waals surface area (Å²) in [6.07, 6.45) is 7.20. The van der Waals surface area contributed by atoms with Gasteiger partial charge in [-0.15, -0.1) is 11.3 Å². The van der Waals surface area contributed by atoms with E-state index in [4.69, 9.17) is 0 Å². The lowest BCUT2D eigenvalue weighted by atomic mass is 9.36. The van der Waals surface area contributed by atoms with Crippen molar-refractivity contribution in [2.24, 2.45) is 0 Å². The van der Waals surface area contributed by atoms with E-state index < -0.39 is 0 Å². The second-order valence-corrected chi connectivity index (χ2v) is 29.8. The van der Waals surface area contributed by atoms with Crippen molar-refractivity contribution in [1.82, 2.24) is 0 Å². The quantitative estimate of drug-likeness (QED) is 0.159. The Balaban J connectivity index is 1.30. The molecule has 0 saturated heterocycles. The zero-order valence-electron chi connectivity index (χ0n) is 46.1. The molecule has 360 valence electrons. The van der Waals surface area contributed by atoms with Gasteiger partial charge in [0.1, 0.15) is 0 Å². The molecule has 5 aromatic carbocycles. The van der Waals surface area contributed by atoms with Gasteiger partial charge in [0.15, 0.2) is 0 Å². The minimum absolute atomic E-state index is 0.0139. The van der Waals surface area contributed by atoms with Gasteiger partial charge in [0.25, 0.3) is 6.71 Å². The van der Waals surface area contributed by atoms with Crippen molar-refractivity contribution in [2.45, 2.75) is 213 Å². The van der Waals surface area contributed by atoms with E-state index in [2.05, 4.69) is 225 Å². The lowest BCUT2D eigenvalue weighted by Crippen LogP contribution is -2.60. The normalized spacial score (nSPS) is 20.9. The molecule has 3 heterocycles. The van der Waals surface area contributed by atoms with Crippen LogP contribution in [0.3, 0.4) is 0 Å². The highest BCUT2D eigenvalue weighted by atomic mass is 32.1. The van der Waals surface area contributed by atoms with Gasteiger partial charge < -0.3 is 9.80 Å². The Labute approximate surface area is 421 Å². The van der Waals surface area contributed by atoms with Gasteiger partial charge in [-0.25, -0.2) is 0 Å². The Morgan fingerprint density at radius 2 is 0.928 bits per heavy atom. The van der Waals surface area contributed by atoms with E-state index in [9.17, 15) is 0 Å². The standard InChI is InChI=1S/C65H81BN2S/c1-38-30-44-47(64(16,17)28-26-61(44,10)11)36-51(38)68-50-23-20-39(58(2,3)4)31-49(50)66-55-52(32-40(33-53(55)68)59(5,6)7)67(41-21-22-43-45(34-41)62(12,13)25-24-60(43,8)9)56-42-35-46-48(37-54(42)69-57(56)66)65(18,19)29-27-63(46,14)15/h20-23,30-37H,24-29H2,1-19H3. The first-order valence-corrected chi connectivity index (χ1v) is 27.5. The first kappa shape index (κ1) is 47.1. The van der Waals surface area contributed by atoms with E-state index in [1.807, 2.05) is 0 Å². The molecule has 0 atom stereocenters. The lowest BCUT2D eigenvalue weighted by Gasteiger charge is -2.47. The fraction of sp³-hybridized carbons (Fsp3) is 0.508. The zero-order chi connectivity index (χ0) is 49.7. The molecule has 69 heavy (non-hydrogen) atoms. The van der Waals surface area contributed by atoms with Crippen LogP contribution < -0.4 is 25.5 Å². The fourth-order valence-corrected chi connectivity index (χ4v) is 15.0. The van der Waals surface area contributed by atoms with Gasteiger partial charge in [-0.2, -0.15) is 0 Å². The average molecular weight is 933 g/mol. The molecule has 0 unspecified atom stereocenters. The SMILES string of the molecule is Cc1cc2c(cc1N1c3ccc(C(C)(C)C)cc3B3c4sc5cc6c(cc5c4N(c4ccc5c(c4)C(C)(C)CCC5(C)C)c4cc(C(C)(C)C)cc1c43)C(C)(C)CCC6(C)C)C(C)(C)CCC2(C)C. The average Bonchev–Trinajstić information content (AvgIpc) is 3.62. The fourth-order valence-electron chi connectivity index (χ4n) is 13.6. The van der Waals surface area contributed by atoms with E-state index in [1.165, 1.54) is 143 Å². The van der Waals surface area contributed by atoms with Crippen molar-refractivity contribution in [3.05, 3.63) is 123 Å². The molecule has 11 rings (SSSR count). The van der Waals surface area contributed by atoms with Crippen LogP contribution in [-0.4, -0.2) is 6.71 Å². The van der Waals surface area contributed by atoms with Crippen LogP contribution in [0, 0.1) is 6.92 Å². The minimum Gasteiger partial charge on any atom is -0.311 e. The molecule has 0 bridgehead atoms. The highest BCUT2D eigenvalue weighted by Gasteiger charge is 2.49. The van der Waals surface area contributed by atoms with Crippen LogP contribution >= 0.6 is 11.3 Å². The highest BCUT2D eigenvalue weighted by molar-refractivity contribution is 7.33. The second-order valence-electron chi connectivity index (χ2n) is 28.7. The minimum atomic E-state index is -0.0980. The Bertz CT molecular complexity index is 3170. The molecular formula is C65H81BN2S. The van der Waals surface area contributed by atoms with Gasteiger partial charge in [0.05, 0.1) is 5.69 Å². The third-order valence-corrected chi connectivity index (χ3v) is 20.1. The molecule has 6 aromatic rings. The van der Waals surface area contributed by atoms with Crippen molar-refractivity contribution in [2.75, 3.05) is 9.80 Å². The Hall–Kier alpha value is -4.28. The van der Waals surface area contributed by atoms with Crippen LogP contribution in [-0.2, 0) is 43.3 Å². The molecule has 0 fully saturated rings. The smallest absolute Gasteiger partial charge is 0.264 e. The molecule has 0 amide bonds. The molecule has 1 aromatic heterocycles. The summed E-state index contributed by atoms with van der Waals surface area (Å²) in [5.74, 6) is 0. The molecule has 0 N–H and O–H groups in total. The van der Waals surface area contributed by atoms with E-state index in [0.717, 1.165) is 0 Å². The van der Waals surface area contributed by atoms with Gasteiger partial charge in [-0.1, -0.05) is 149 Å². The number of aryl methyl sites for hydroxylation is 1. The molecule has 0 radical (unpaired) electrons. The summed E-state index contributed by atoms with van der Waals surface area (Å²) >= 11 is 2.08. The summed E-state index contributed by atoms with van der Waals surface area (Å²) in [5, 5.41) is 1.41. The van der Waals surface area contributed by atoms with E-state index >= 15 is 0 Å². The predicted octanol–water partition coefficient (Wildman–Crippen LogP) is 16.9. The Kier molecular flexibility index (Phi) is 9.86. The molecule has 2 aliphatic heterocycles. The van der Waals surface area contributed by atoms with Crippen LogP contribution in [0.2, 0.25) is 0 Å². The van der Waals surface area contributed by atoms with E-state index in [0.29, 0.717) is 0 Å². The molecule has 0 spiro atoms. The largest absolute Gasteiger partial charge is 0.311 e. The van der Waals surface area contributed by atoms with Gasteiger partial charge >= 0.3 is 0 Å². The number of benzene rings is 5. The molecular weight excluding hydrogens is 852 g/mol. The zero-order valence-corrected chi connectivity index (χ0v) is 46.9. The summed E-state index contributed by atoms with van der Waals surface area (Å²) in [4.78, 5) is 5.52. The molecule has 5 aliphatic rings. The second kappa shape index (κ2) is 14.4. The van der Waals surface area contributed by atoms with Crippen LogP contribution in [0.25, 0.3) is 10.1 Å². The van der Waals surface area contributed by atoms with Gasteiger partial charge in [0, 0.05) is 43.3 Å². The Morgan fingerprint density at radius 3 is 1.48 bits per heavy atom. The van der Waals surface area contributed by atoms with Crippen molar-refractivity contribution in [1.29, 1.82) is 0 Å². The third-order valence-electron chi connectivity index (χ3n) is 18.9. The van der Waals surface area contributed by atoms with Gasteiger partial charge in [-0.05, 0) is 198 Å². The first-order chi connectivity index (χ1) is 31.8. The van der Waals surface area contributed by atoms with Crippen LogP contribution in [0.15, 0.2) is 72.8 Å². The van der Waals surface area contributed by atoms with Gasteiger partial charge in [-0.3, -0.25) is 0 Å². The number of thiophene rings is 1. The highest BCUT2D eigenvalue weighted by Crippen LogP contribution is 2.56. The van der Waals surface area contributed by atoms with Crippen molar-refractivity contribution in [3.63, 3.8) is 0 Å². The number of fused-ring (bicyclic) bond motifs is 9. The van der Waals surface area contributed by atoms with E-state index in [1.54, 1.807) is 5.56 Å². The van der Waals surface area contributed by atoms with Crippen LogP contribution in [0.4, 0.5) is 34.1 Å². The van der Waals surface area contributed by atoms with Crippen LogP contribution in [0.5, 0.6) is 0 Å². The third kappa shape index (κ3) is 6.96. The lowest BCUT2D eigenvalue weighted by molar-refractivity contribution is 0.332. The monoisotopic (exact) mass is 933 g/mol. The maximum Gasteiger partial charge on any atom is 0.264 e. The van der Waals surface area contributed by atoms with Crippen molar-refractivity contribution in [3.8, 4) is 0 Å². The number of rotatable bonds is 2. The molecule has 0 saturated carbocycles. The van der Waals surface area contributed by atoms with Crippen molar-refractivity contribution < 1.29 is 0 Å². The van der Waals surface area contributed by atoms with Crippen molar-refractivity contribution >= 4 is 78.0 Å². The molecule has 3 aliphatic carbocycles. The topological polar surface area (TPSA) is 6.48 Å². The summed E-state index contributed by atoms with van der Waals surface area (Å²) in [7, 11) is 0. The number of nitrogens with zero attached hydrogens (tertiary/aromatic N) is 2. The number of hydrogen-bond donors (Lipinski definition) is 0. The first-order valence-electron chi connectivity index (χ1n) is 26.7. The predicted molar refractivity (Wildman–Crippen MR) is 304 cm³/mol. The number of hydrogen-bond acceptors (Lipinski definition) is 3. The number of anilines is 6. The van der Waals surface area contributed by atoms with Crippen LogP contribution in [0.1, 0.15) is 213 Å². The molecule has 4 heteroatoms. The molecule has 2 nitrogen and oxygen atoms in total. The summed E-state index contributed by atoms with van der Waals surface area (Å²) in [6, 6.07) is 31.0. The maximum absolute atomic E-state index is 2.78.